The average molecular weight is 261 g/mol. The second-order valence-electron chi connectivity index (χ2n) is 4.95. The van der Waals surface area contributed by atoms with Crippen molar-refractivity contribution in [1.29, 1.82) is 0 Å². The van der Waals surface area contributed by atoms with Crippen LogP contribution in [0.25, 0.3) is 0 Å². The van der Waals surface area contributed by atoms with Crippen molar-refractivity contribution >= 4 is 0 Å². The van der Waals surface area contributed by atoms with E-state index >= 15 is 0 Å². The number of nitrogens with one attached hydrogen (secondary N) is 1. The highest BCUT2D eigenvalue weighted by atomic mass is 16.7. The van der Waals surface area contributed by atoms with Gasteiger partial charge in [0.25, 0.3) is 0 Å². The highest BCUT2D eigenvalue weighted by molar-refractivity contribution is 5.45. The molecule has 4 heteroatoms. The number of fused-ring (bicyclic) bond motifs is 1. The van der Waals surface area contributed by atoms with Gasteiger partial charge in [-0.15, -0.1) is 0 Å². The molecule has 3 rings (SSSR count). The molecule has 19 heavy (non-hydrogen) atoms. The molecule has 0 radical (unpaired) electrons. The topological polar surface area (TPSA) is 39.7 Å². The molecule has 0 aromatic heterocycles. The van der Waals surface area contributed by atoms with Crippen molar-refractivity contribution in [3.05, 3.63) is 36.1 Å². The highest BCUT2D eigenvalue weighted by Gasteiger charge is 2.17. The summed E-state index contributed by atoms with van der Waals surface area (Å²) in [7, 11) is 0. The predicted octanol–water partition coefficient (Wildman–Crippen LogP) is 2.76. The van der Waals surface area contributed by atoms with Crippen LogP contribution in [0.5, 0.6) is 11.5 Å². The fourth-order valence-corrected chi connectivity index (χ4v) is 2.34. The van der Waals surface area contributed by atoms with Crippen LogP contribution in [0.2, 0.25) is 0 Å². The van der Waals surface area contributed by atoms with Crippen LogP contribution in [0.4, 0.5) is 0 Å². The third-order valence-corrected chi connectivity index (χ3v) is 3.57. The second-order valence-corrected chi connectivity index (χ2v) is 4.95. The van der Waals surface area contributed by atoms with Gasteiger partial charge in [-0.25, -0.2) is 0 Å². The smallest absolute Gasteiger partial charge is 0.231 e. The maximum atomic E-state index is 5.55. The van der Waals surface area contributed by atoms with Gasteiger partial charge < -0.3 is 19.5 Å². The largest absolute Gasteiger partial charge is 0.497 e. The van der Waals surface area contributed by atoms with Crippen LogP contribution in [0.15, 0.2) is 30.5 Å². The molecule has 0 saturated carbocycles. The van der Waals surface area contributed by atoms with E-state index in [1.54, 1.807) is 6.26 Å². The lowest BCUT2D eigenvalue weighted by molar-refractivity contribution is 0.120. The molecular weight excluding hydrogens is 242 g/mol. The van der Waals surface area contributed by atoms with E-state index in [2.05, 4.69) is 24.4 Å². The van der Waals surface area contributed by atoms with E-state index in [4.69, 9.17) is 14.2 Å². The average Bonchev–Trinajstić information content (AvgIpc) is 2.93. The highest BCUT2D eigenvalue weighted by Crippen LogP contribution is 2.34. The molecule has 2 unspecified atom stereocenters. The Morgan fingerprint density at radius 2 is 2.21 bits per heavy atom. The Balaban J connectivity index is 1.57. The third-order valence-electron chi connectivity index (χ3n) is 3.57. The van der Waals surface area contributed by atoms with Gasteiger partial charge in [0, 0.05) is 12.6 Å². The number of ether oxygens (including phenoxy) is 3. The normalized spacial score (nSPS) is 22.1. The van der Waals surface area contributed by atoms with E-state index in [1.165, 1.54) is 5.56 Å². The van der Waals surface area contributed by atoms with Crippen molar-refractivity contribution in [3.63, 3.8) is 0 Å². The Bertz CT molecular complexity index is 472. The number of benzene rings is 1. The van der Waals surface area contributed by atoms with Crippen molar-refractivity contribution in [2.75, 3.05) is 13.3 Å². The Labute approximate surface area is 113 Å². The Morgan fingerprint density at radius 3 is 3.05 bits per heavy atom. The summed E-state index contributed by atoms with van der Waals surface area (Å²) < 4.78 is 16.3. The summed E-state index contributed by atoms with van der Waals surface area (Å²) in [5, 5.41) is 3.50. The zero-order chi connectivity index (χ0) is 13.1. The van der Waals surface area contributed by atoms with Crippen LogP contribution < -0.4 is 14.8 Å². The molecule has 0 amide bonds. The first-order chi connectivity index (χ1) is 9.33. The molecule has 0 bridgehead atoms. The molecule has 102 valence electrons. The summed E-state index contributed by atoms with van der Waals surface area (Å²) in [6.45, 7) is 3.33. The van der Waals surface area contributed by atoms with Crippen LogP contribution in [-0.4, -0.2) is 19.4 Å². The van der Waals surface area contributed by atoms with Gasteiger partial charge in [-0.05, 0) is 43.5 Å². The van der Waals surface area contributed by atoms with E-state index in [0.717, 1.165) is 30.9 Å². The summed E-state index contributed by atoms with van der Waals surface area (Å²) in [6, 6.07) is 6.36. The minimum absolute atomic E-state index is 0.268. The third kappa shape index (κ3) is 2.84. The van der Waals surface area contributed by atoms with Crippen LogP contribution in [0.1, 0.15) is 31.4 Å². The Morgan fingerprint density at radius 1 is 1.32 bits per heavy atom. The summed E-state index contributed by atoms with van der Waals surface area (Å²) in [4.78, 5) is 0. The van der Waals surface area contributed by atoms with Gasteiger partial charge in [0.05, 0.1) is 6.26 Å². The first-order valence-corrected chi connectivity index (χ1v) is 6.76. The number of hydrogen-bond acceptors (Lipinski definition) is 4. The van der Waals surface area contributed by atoms with Gasteiger partial charge in [-0.3, -0.25) is 0 Å². The first kappa shape index (κ1) is 12.4. The quantitative estimate of drug-likeness (QED) is 0.904. The van der Waals surface area contributed by atoms with Crippen molar-refractivity contribution in [2.24, 2.45) is 0 Å². The summed E-state index contributed by atoms with van der Waals surface area (Å²) in [5.41, 5.74) is 1.20. The summed E-state index contributed by atoms with van der Waals surface area (Å²) in [6.07, 6.45) is 6.34. The van der Waals surface area contributed by atoms with E-state index in [-0.39, 0.29) is 12.1 Å². The van der Waals surface area contributed by atoms with Crippen LogP contribution in [0.3, 0.4) is 0 Å². The minimum Gasteiger partial charge on any atom is -0.497 e. The van der Waals surface area contributed by atoms with Crippen LogP contribution in [0, 0.1) is 0 Å². The molecule has 0 aliphatic carbocycles. The van der Waals surface area contributed by atoms with E-state index in [9.17, 15) is 0 Å². The maximum absolute atomic E-state index is 5.55. The molecular formula is C15H19NO3. The van der Waals surface area contributed by atoms with Gasteiger partial charge in [-0.1, -0.05) is 6.07 Å². The molecule has 0 spiro atoms. The van der Waals surface area contributed by atoms with Crippen molar-refractivity contribution in [2.45, 2.75) is 31.9 Å². The van der Waals surface area contributed by atoms with Gasteiger partial charge in [0.1, 0.15) is 6.10 Å². The fourth-order valence-electron chi connectivity index (χ4n) is 2.34. The monoisotopic (exact) mass is 261 g/mol. The number of allylic oxidation sites excluding steroid dienone is 1. The van der Waals surface area contributed by atoms with E-state index < -0.39 is 0 Å². The molecule has 2 atom stereocenters. The SMILES string of the molecule is CC(NCC1CCC=CO1)c1ccc2c(c1)OCO2. The fraction of sp³-hybridized carbons (Fsp3) is 0.467. The number of rotatable bonds is 4. The second kappa shape index (κ2) is 5.53. The van der Waals surface area contributed by atoms with Gasteiger partial charge in [0.15, 0.2) is 11.5 Å². The minimum atomic E-state index is 0.268. The first-order valence-electron chi connectivity index (χ1n) is 6.76. The molecule has 2 aliphatic rings. The Hall–Kier alpha value is -1.68. The molecule has 1 aromatic rings. The van der Waals surface area contributed by atoms with Gasteiger partial charge in [-0.2, -0.15) is 0 Å². The van der Waals surface area contributed by atoms with Gasteiger partial charge in [0.2, 0.25) is 6.79 Å². The van der Waals surface area contributed by atoms with Crippen LogP contribution >= 0.6 is 0 Å². The lowest BCUT2D eigenvalue weighted by Gasteiger charge is -2.22. The lowest BCUT2D eigenvalue weighted by atomic mass is 10.1. The van der Waals surface area contributed by atoms with E-state index in [1.807, 2.05) is 12.1 Å². The molecule has 0 fully saturated rings. The molecule has 1 aromatic carbocycles. The van der Waals surface area contributed by atoms with Crippen molar-refractivity contribution in [1.82, 2.24) is 5.32 Å². The summed E-state index contributed by atoms with van der Waals surface area (Å²) in [5.74, 6) is 1.67. The standard InChI is InChI=1S/C15H19NO3/c1-11(16-9-13-4-2-3-7-17-13)12-5-6-14-15(8-12)19-10-18-14/h3,5-8,11,13,16H,2,4,9-10H2,1H3. The maximum Gasteiger partial charge on any atom is 0.231 e. The van der Waals surface area contributed by atoms with Gasteiger partial charge >= 0.3 is 0 Å². The molecule has 4 nitrogen and oxygen atoms in total. The zero-order valence-corrected chi connectivity index (χ0v) is 11.1. The van der Waals surface area contributed by atoms with Crippen molar-refractivity contribution in [3.8, 4) is 11.5 Å². The van der Waals surface area contributed by atoms with E-state index in [0.29, 0.717) is 6.79 Å². The molecule has 1 N–H and O–H groups in total. The molecule has 2 heterocycles. The Kier molecular flexibility index (Phi) is 3.60. The zero-order valence-electron chi connectivity index (χ0n) is 11.1. The number of hydrogen-bond donors (Lipinski definition) is 1. The molecule has 2 aliphatic heterocycles. The molecule has 0 saturated heterocycles. The lowest BCUT2D eigenvalue weighted by Crippen LogP contribution is -2.31. The van der Waals surface area contributed by atoms with Crippen LogP contribution in [-0.2, 0) is 4.74 Å². The predicted molar refractivity (Wildman–Crippen MR) is 72.2 cm³/mol. The summed E-state index contributed by atoms with van der Waals surface area (Å²) >= 11 is 0. The van der Waals surface area contributed by atoms with Crippen molar-refractivity contribution < 1.29 is 14.2 Å².